The minimum absolute atomic E-state index is 0.140. The van der Waals surface area contributed by atoms with E-state index in [1.54, 1.807) is 24.3 Å². The maximum Gasteiger partial charge on any atom is 0.307 e. The van der Waals surface area contributed by atoms with Crippen molar-refractivity contribution in [3.8, 4) is 0 Å². The first-order chi connectivity index (χ1) is 9.16. The van der Waals surface area contributed by atoms with E-state index in [-0.39, 0.29) is 18.9 Å². The summed E-state index contributed by atoms with van der Waals surface area (Å²) in [5, 5.41) is 11.5. The number of ether oxygens (including phenoxy) is 2. The van der Waals surface area contributed by atoms with Crippen molar-refractivity contribution < 1.29 is 24.2 Å². The van der Waals surface area contributed by atoms with E-state index in [9.17, 15) is 9.59 Å². The highest BCUT2D eigenvalue weighted by molar-refractivity contribution is 5.95. The van der Waals surface area contributed by atoms with Gasteiger partial charge in [-0.05, 0) is 11.6 Å². The molecule has 1 aliphatic heterocycles. The summed E-state index contributed by atoms with van der Waals surface area (Å²) in [5.74, 6) is -1.27. The van der Waals surface area contributed by atoms with Crippen LogP contribution < -0.4 is 5.32 Å². The van der Waals surface area contributed by atoms with Crippen LogP contribution in [0.4, 0.5) is 5.69 Å². The first-order valence-corrected chi connectivity index (χ1v) is 5.96. The Hall–Kier alpha value is -1.92. The molecule has 1 atom stereocenters. The summed E-state index contributed by atoms with van der Waals surface area (Å²) in [7, 11) is 0. The molecule has 2 rings (SSSR count). The second-order valence-electron chi connectivity index (χ2n) is 4.15. The number of benzene rings is 1. The number of rotatable bonds is 4. The lowest BCUT2D eigenvalue weighted by Gasteiger charge is -2.22. The Bertz CT molecular complexity index is 468. The van der Waals surface area contributed by atoms with Gasteiger partial charge in [-0.1, -0.05) is 18.2 Å². The highest BCUT2D eigenvalue weighted by Gasteiger charge is 2.23. The van der Waals surface area contributed by atoms with E-state index in [1.807, 2.05) is 0 Å². The topological polar surface area (TPSA) is 84.9 Å². The molecule has 1 unspecified atom stereocenters. The number of carbonyl (C=O) groups excluding carboxylic acids is 1. The Morgan fingerprint density at radius 2 is 2.11 bits per heavy atom. The van der Waals surface area contributed by atoms with Crippen molar-refractivity contribution in [2.75, 3.05) is 25.1 Å². The second-order valence-corrected chi connectivity index (χ2v) is 4.15. The van der Waals surface area contributed by atoms with Gasteiger partial charge in [-0.3, -0.25) is 9.59 Å². The summed E-state index contributed by atoms with van der Waals surface area (Å²) in [6.07, 6.45) is -0.787. The van der Waals surface area contributed by atoms with Crippen LogP contribution in [0.5, 0.6) is 0 Å². The van der Waals surface area contributed by atoms with Crippen molar-refractivity contribution in [3.63, 3.8) is 0 Å². The first kappa shape index (κ1) is 13.5. The van der Waals surface area contributed by atoms with Crippen LogP contribution in [0.2, 0.25) is 0 Å². The number of carboxylic acid groups (broad SMARTS) is 1. The van der Waals surface area contributed by atoms with E-state index in [0.717, 1.165) is 0 Å². The fraction of sp³-hybridized carbons (Fsp3) is 0.385. The third kappa shape index (κ3) is 3.77. The molecule has 6 heteroatoms. The van der Waals surface area contributed by atoms with Crippen LogP contribution in [-0.4, -0.2) is 42.9 Å². The maximum atomic E-state index is 11.9. The fourth-order valence-electron chi connectivity index (χ4n) is 1.81. The molecule has 0 radical (unpaired) electrons. The summed E-state index contributed by atoms with van der Waals surface area (Å²) in [6, 6.07) is 6.80. The smallest absolute Gasteiger partial charge is 0.307 e. The van der Waals surface area contributed by atoms with Crippen molar-refractivity contribution >= 4 is 17.6 Å². The SMILES string of the molecule is O=C(O)Cc1ccccc1NC(=O)C1COCCO1. The average Bonchev–Trinajstić information content (AvgIpc) is 2.41. The van der Waals surface area contributed by atoms with Crippen molar-refractivity contribution in [3.05, 3.63) is 29.8 Å². The molecular weight excluding hydrogens is 250 g/mol. The highest BCUT2D eigenvalue weighted by Crippen LogP contribution is 2.16. The Kier molecular flexibility index (Phi) is 4.48. The van der Waals surface area contributed by atoms with Crippen LogP contribution in [0.1, 0.15) is 5.56 Å². The van der Waals surface area contributed by atoms with E-state index >= 15 is 0 Å². The fourth-order valence-corrected chi connectivity index (χ4v) is 1.81. The Morgan fingerprint density at radius 1 is 1.32 bits per heavy atom. The number of aliphatic carboxylic acids is 1. The third-order valence-corrected chi connectivity index (χ3v) is 2.73. The normalized spacial score (nSPS) is 18.8. The molecule has 0 saturated carbocycles. The number of anilines is 1. The van der Waals surface area contributed by atoms with Crippen LogP contribution in [0.15, 0.2) is 24.3 Å². The average molecular weight is 265 g/mol. The lowest BCUT2D eigenvalue weighted by atomic mass is 10.1. The molecule has 1 fully saturated rings. The molecule has 1 aromatic rings. The molecule has 1 aromatic carbocycles. The van der Waals surface area contributed by atoms with Gasteiger partial charge in [-0.15, -0.1) is 0 Å². The summed E-state index contributed by atoms with van der Waals surface area (Å²) in [6.45, 7) is 1.08. The van der Waals surface area contributed by atoms with Crippen molar-refractivity contribution in [2.24, 2.45) is 0 Å². The molecule has 0 aliphatic carbocycles. The van der Waals surface area contributed by atoms with Gasteiger partial charge in [0.15, 0.2) is 6.10 Å². The van der Waals surface area contributed by atoms with Crippen LogP contribution in [-0.2, 0) is 25.5 Å². The van der Waals surface area contributed by atoms with Gasteiger partial charge in [0.05, 0.1) is 26.2 Å². The van der Waals surface area contributed by atoms with E-state index in [2.05, 4.69) is 5.32 Å². The molecule has 102 valence electrons. The molecule has 0 aromatic heterocycles. The van der Waals surface area contributed by atoms with E-state index in [1.165, 1.54) is 0 Å². The van der Waals surface area contributed by atoms with E-state index < -0.39 is 12.1 Å². The van der Waals surface area contributed by atoms with Crippen LogP contribution in [0.3, 0.4) is 0 Å². The minimum atomic E-state index is -0.945. The van der Waals surface area contributed by atoms with Gasteiger partial charge in [-0.25, -0.2) is 0 Å². The number of carbonyl (C=O) groups is 2. The minimum Gasteiger partial charge on any atom is -0.481 e. The molecule has 1 aliphatic rings. The molecule has 0 spiro atoms. The first-order valence-electron chi connectivity index (χ1n) is 5.96. The van der Waals surface area contributed by atoms with Crippen molar-refractivity contribution in [2.45, 2.75) is 12.5 Å². The Balaban J connectivity index is 2.05. The van der Waals surface area contributed by atoms with Gasteiger partial charge in [0.2, 0.25) is 0 Å². The maximum absolute atomic E-state index is 11.9. The Labute approximate surface area is 110 Å². The highest BCUT2D eigenvalue weighted by atomic mass is 16.6. The summed E-state index contributed by atoms with van der Waals surface area (Å²) in [5.41, 5.74) is 1.05. The zero-order valence-corrected chi connectivity index (χ0v) is 10.3. The Morgan fingerprint density at radius 3 is 2.79 bits per heavy atom. The lowest BCUT2D eigenvalue weighted by molar-refractivity contribution is -0.142. The summed E-state index contributed by atoms with van der Waals surface area (Å²) >= 11 is 0. The molecule has 2 N–H and O–H groups in total. The quantitative estimate of drug-likeness (QED) is 0.835. The molecule has 1 saturated heterocycles. The van der Waals surface area contributed by atoms with E-state index in [4.69, 9.17) is 14.6 Å². The van der Waals surface area contributed by atoms with Gasteiger partial charge >= 0.3 is 5.97 Å². The standard InChI is InChI=1S/C13H15NO5/c15-12(16)7-9-3-1-2-4-10(9)14-13(17)11-8-18-5-6-19-11/h1-4,11H,5-8H2,(H,14,17)(H,15,16). The predicted octanol–water partition coefficient (Wildman–Crippen LogP) is 0.668. The zero-order chi connectivity index (χ0) is 13.7. The number of para-hydroxylation sites is 1. The number of carboxylic acids is 1. The largest absolute Gasteiger partial charge is 0.481 e. The number of hydrogen-bond donors (Lipinski definition) is 2. The summed E-state index contributed by atoms with van der Waals surface area (Å²) in [4.78, 5) is 22.7. The van der Waals surface area contributed by atoms with Gasteiger partial charge < -0.3 is 19.9 Å². The van der Waals surface area contributed by atoms with Gasteiger partial charge in [0, 0.05) is 5.69 Å². The van der Waals surface area contributed by atoms with Gasteiger partial charge in [0.1, 0.15) is 0 Å². The zero-order valence-electron chi connectivity index (χ0n) is 10.3. The molecular formula is C13H15NO5. The van der Waals surface area contributed by atoms with Gasteiger partial charge in [-0.2, -0.15) is 0 Å². The number of hydrogen-bond acceptors (Lipinski definition) is 4. The lowest BCUT2D eigenvalue weighted by Crippen LogP contribution is -2.39. The molecule has 1 amide bonds. The number of amides is 1. The number of nitrogens with one attached hydrogen (secondary N) is 1. The second kappa shape index (κ2) is 6.31. The predicted molar refractivity (Wildman–Crippen MR) is 67.0 cm³/mol. The summed E-state index contributed by atoms with van der Waals surface area (Å²) < 4.78 is 10.4. The van der Waals surface area contributed by atoms with Crippen molar-refractivity contribution in [1.29, 1.82) is 0 Å². The van der Waals surface area contributed by atoms with Crippen LogP contribution in [0.25, 0.3) is 0 Å². The van der Waals surface area contributed by atoms with Gasteiger partial charge in [0.25, 0.3) is 5.91 Å². The monoisotopic (exact) mass is 265 g/mol. The third-order valence-electron chi connectivity index (χ3n) is 2.73. The van der Waals surface area contributed by atoms with Crippen LogP contribution in [0, 0.1) is 0 Å². The molecule has 19 heavy (non-hydrogen) atoms. The molecule has 1 heterocycles. The van der Waals surface area contributed by atoms with Crippen LogP contribution >= 0.6 is 0 Å². The van der Waals surface area contributed by atoms with Crippen molar-refractivity contribution in [1.82, 2.24) is 0 Å². The molecule has 0 bridgehead atoms. The van der Waals surface area contributed by atoms with E-state index in [0.29, 0.717) is 24.5 Å². The molecule has 6 nitrogen and oxygen atoms in total.